The summed E-state index contributed by atoms with van der Waals surface area (Å²) in [6.07, 6.45) is 2.70. The van der Waals surface area contributed by atoms with Crippen LogP contribution in [0.25, 0.3) is 0 Å². The molecule has 1 aliphatic heterocycles. The summed E-state index contributed by atoms with van der Waals surface area (Å²) >= 11 is 1.97. The Labute approximate surface area is 108 Å². The average Bonchev–Trinajstić information content (AvgIpc) is 3.04. The molecule has 1 N–H and O–H groups in total. The first kappa shape index (κ1) is 11.4. The number of hydrogen-bond donors (Lipinski definition) is 1. The second-order valence-corrected chi connectivity index (χ2v) is 6.55. The third-order valence-corrected chi connectivity index (χ3v) is 4.43. The SMILES string of the molecule is CC(C)CN1c2ccccc2SC1NC1CC1. The number of benzene rings is 1. The highest BCUT2D eigenvalue weighted by Gasteiger charge is 2.34. The molecule has 0 bridgehead atoms. The van der Waals surface area contributed by atoms with Crippen LogP contribution in [0.1, 0.15) is 26.7 Å². The lowest BCUT2D eigenvalue weighted by atomic mass is 10.2. The molecule has 3 rings (SSSR count). The van der Waals surface area contributed by atoms with Crippen molar-refractivity contribution in [2.45, 2.75) is 43.1 Å². The molecule has 1 aliphatic carbocycles. The fraction of sp³-hybridized carbons (Fsp3) is 0.571. The Kier molecular flexibility index (Phi) is 3.05. The summed E-state index contributed by atoms with van der Waals surface area (Å²) in [5.74, 6) is 0.699. The van der Waals surface area contributed by atoms with Crippen molar-refractivity contribution in [2.24, 2.45) is 5.92 Å². The molecule has 2 aliphatic rings. The van der Waals surface area contributed by atoms with Gasteiger partial charge in [-0.3, -0.25) is 5.32 Å². The van der Waals surface area contributed by atoms with Crippen LogP contribution >= 0.6 is 11.8 Å². The first-order valence-electron chi connectivity index (χ1n) is 6.52. The smallest absolute Gasteiger partial charge is 0.133 e. The number of fused-ring (bicyclic) bond motifs is 1. The quantitative estimate of drug-likeness (QED) is 0.880. The predicted octanol–water partition coefficient (Wildman–Crippen LogP) is 3.29. The van der Waals surface area contributed by atoms with Crippen LogP contribution in [-0.4, -0.2) is 18.1 Å². The zero-order chi connectivity index (χ0) is 11.8. The van der Waals surface area contributed by atoms with Crippen molar-refractivity contribution < 1.29 is 0 Å². The van der Waals surface area contributed by atoms with Crippen LogP contribution in [0.5, 0.6) is 0 Å². The van der Waals surface area contributed by atoms with Crippen molar-refractivity contribution in [1.82, 2.24) is 5.32 Å². The zero-order valence-corrected chi connectivity index (χ0v) is 11.3. The molecule has 1 aromatic carbocycles. The highest BCUT2D eigenvalue weighted by molar-refractivity contribution is 8.00. The van der Waals surface area contributed by atoms with E-state index >= 15 is 0 Å². The Balaban J connectivity index is 1.81. The minimum Gasteiger partial charge on any atom is -0.346 e. The van der Waals surface area contributed by atoms with Crippen molar-refractivity contribution in [3.05, 3.63) is 24.3 Å². The van der Waals surface area contributed by atoms with E-state index in [9.17, 15) is 0 Å². The molecule has 0 aromatic heterocycles. The Morgan fingerprint density at radius 1 is 1.35 bits per heavy atom. The molecule has 0 spiro atoms. The molecule has 1 saturated carbocycles. The molecule has 17 heavy (non-hydrogen) atoms. The Hall–Kier alpha value is -0.670. The summed E-state index contributed by atoms with van der Waals surface area (Å²) in [4.78, 5) is 3.95. The van der Waals surface area contributed by atoms with Crippen LogP contribution in [-0.2, 0) is 0 Å². The Morgan fingerprint density at radius 2 is 2.12 bits per heavy atom. The van der Waals surface area contributed by atoms with Gasteiger partial charge in [-0.15, -0.1) is 0 Å². The number of anilines is 1. The van der Waals surface area contributed by atoms with Crippen LogP contribution in [0.2, 0.25) is 0 Å². The van der Waals surface area contributed by atoms with Gasteiger partial charge in [-0.25, -0.2) is 0 Å². The third kappa shape index (κ3) is 2.45. The standard InChI is InChI=1S/C14H20N2S/c1-10(2)9-16-12-5-3-4-6-13(12)17-14(16)15-11-7-8-11/h3-6,10-11,14-15H,7-9H2,1-2H3. The molecular weight excluding hydrogens is 228 g/mol. The fourth-order valence-corrected chi connectivity index (χ4v) is 3.56. The highest BCUT2D eigenvalue weighted by Crippen LogP contribution is 2.43. The highest BCUT2D eigenvalue weighted by atomic mass is 32.2. The van der Waals surface area contributed by atoms with E-state index in [4.69, 9.17) is 0 Å². The van der Waals surface area contributed by atoms with Gasteiger partial charge in [0.05, 0.1) is 5.69 Å². The molecule has 1 heterocycles. The normalized spacial score (nSPS) is 23.2. The van der Waals surface area contributed by atoms with Gasteiger partial charge in [-0.1, -0.05) is 37.7 Å². The van der Waals surface area contributed by atoms with Gasteiger partial charge in [0.15, 0.2) is 0 Å². The topological polar surface area (TPSA) is 15.3 Å². The first-order chi connectivity index (χ1) is 8.24. The largest absolute Gasteiger partial charge is 0.346 e. The number of para-hydroxylation sites is 1. The summed E-state index contributed by atoms with van der Waals surface area (Å²) in [5, 5.41) is 3.74. The van der Waals surface area contributed by atoms with E-state index in [2.05, 4.69) is 48.3 Å². The summed E-state index contributed by atoms with van der Waals surface area (Å²) in [5.41, 5.74) is 1.85. The molecular formula is C14H20N2S. The lowest BCUT2D eigenvalue weighted by Crippen LogP contribution is -2.43. The second kappa shape index (κ2) is 4.54. The Morgan fingerprint density at radius 3 is 2.82 bits per heavy atom. The number of hydrogen-bond acceptors (Lipinski definition) is 3. The van der Waals surface area contributed by atoms with Crippen molar-refractivity contribution in [3.8, 4) is 0 Å². The van der Waals surface area contributed by atoms with Crippen molar-refractivity contribution >= 4 is 17.4 Å². The molecule has 0 amide bonds. The molecule has 1 fully saturated rings. The third-order valence-electron chi connectivity index (χ3n) is 3.21. The lowest BCUT2D eigenvalue weighted by Gasteiger charge is -2.29. The van der Waals surface area contributed by atoms with E-state index < -0.39 is 0 Å². The average molecular weight is 248 g/mol. The maximum absolute atomic E-state index is 3.74. The maximum atomic E-state index is 3.74. The number of nitrogens with one attached hydrogen (secondary N) is 1. The van der Waals surface area contributed by atoms with E-state index in [1.54, 1.807) is 0 Å². The number of thioether (sulfide) groups is 1. The summed E-state index contributed by atoms with van der Waals surface area (Å²) in [6, 6.07) is 9.53. The van der Waals surface area contributed by atoms with E-state index in [0.717, 1.165) is 12.6 Å². The van der Waals surface area contributed by atoms with Crippen molar-refractivity contribution in [3.63, 3.8) is 0 Å². The molecule has 0 saturated heterocycles. The molecule has 2 nitrogen and oxygen atoms in total. The van der Waals surface area contributed by atoms with Crippen molar-refractivity contribution in [2.75, 3.05) is 11.4 Å². The number of nitrogens with zero attached hydrogens (tertiary/aromatic N) is 1. The van der Waals surface area contributed by atoms with Gasteiger partial charge >= 0.3 is 0 Å². The van der Waals surface area contributed by atoms with Crippen LogP contribution in [0, 0.1) is 5.92 Å². The van der Waals surface area contributed by atoms with Gasteiger partial charge in [0.1, 0.15) is 5.50 Å². The summed E-state index contributed by atoms with van der Waals surface area (Å²) in [6.45, 7) is 5.72. The summed E-state index contributed by atoms with van der Waals surface area (Å²) < 4.78 is 0. The predicted molar refractivity (Wildman–Crippen MR) is 74.4 cm³/mol. The fourth-order valence-electron chi connectivity index (χ4n) is 2.27. The molecule has 3 heteroatoms. The Bertz CT molecular complexity index is 401. The maximum Gasteiger partial charge on any atom is 0.133 e. The zero-order valence-electron chi connectivity index (χ0n) is 10.5. The monoisotopic (exact) mass is 248 g/mol. The molecule has 1 unspecified atom stereocenters. The van der Waals surface area contributed by atoms with E-state index in [1.807, 2.05) is 11.8 Å². The van der Waals surface area contributed by atoms with Crippen LogP contribution < -0.4 is 10.2 Å². The van der Waals surface area contributed by atoms with Crippen LogP contribution in [0.4, 0.5) is 5.69 Å². The van der Waals surface area contributed by atoms with E-state index in [-0.39, 0.29) is 0 Å². The summed E-state index contributed by atoms with van der Waals surface area (Å²) in [7, 11) is 0. The molecule has 0 radical (unpaired) electrons. The van der Waals surface area contributed by atoms with Gasteiger partial charge in [-0.2, -0.15) is 0 Å². The van der Waals surface area contributed by atoms with Gasteiger partial charge < -0.3 is 4.90 Å². The second-order valence-electron chi connectivity index (χ2n) is 5.43. The van der Waals surface area contributed by atoms with Gasteiger partial charge in [0, 0.05) is 17.5 Å². The van der Waals surface area contributed by atoms with Gasteiger partial charge in [0.2, 0.25) is 0 Å². The van der Waals surface area contributed by atoms with Crippen LogP contribution in [0.15, 0.2) is 29.2 Å². The van der Waals surface area contributed by atoms with Gasteiger partial charge in [0.25, 0.3) is 0 Å². The molecule has 1 atom stereocenters. The lowest BCUT2D eigenvalue weighted by molar-refractivity contribution is 0.549. The minimum atomic E-state index is 0.447. The van der Waals surface area contributed by atoms with E-state index in [0.29, 0.717) is 11.4 Å². The molecule has 92 valence electrons. The van der Waals surface area contributed by atoms with Crippen LogP contribution in [0.3, 0.4) is 0 Å². The van der Waals surface area contributed by atoms with E-state index in [1.165, 1.54) is 23.4 Å². The minimum absolute atomic E-state index is 0.447. The van der Waals surface area contributed by atoms with Crippen molar-refractivity contribution in [1.29, 1.82) is 0 Å². The number of rotatable bonds is 4. The first-order valence-corrected chi connectivity index (χ1v) is 7.40. The molecule has 1 aromatic rings. The van der Waals surface area contributed by atoms with Gasteiger partial charge in [-0.05, 0) is 30.9 Å².